The van der Waals surface area contributed by atoms with E-state index in [1.165, 1.54) is 19.8 Å². The number of carbonyl (C=O) groups is 1. The molecule has 0 amide bonds. The molecule has 160 valence electrons. The average Bonchev–Trinajstić information content (AvgIpc) is 3.13. The third-order valence-corrected chi connectivity index (χ3v) is 6.12. The van der Waals surface area contributed by atoms with Crippen molar-refractivity contribution in [2.45, 2.75) is 19.4 Å². The third kappa shape index (κ3) is 3.01. The van der Waals surface area contributed by atoms with Crippen molar-refractivity contribution in [1.29, 1.82) is 0 Å². The number of fused-ring (bicyclic) bond motifs is 5. The lowest BCUT2D eigenvalue weighted by molar-refractivity contribution is 0.104. The summed E-state index contributed by atoms with van der Waals surface area (Å²) >= 11 is 0. The Morgan fingerprint density at radius 1 is 0.812 bits per heavy atom. The van der Waals surface area contributed by atoms with E-state index in [9.17, 15) is 9.59 Å². The molecule has 0 bridgehead atoms. The second kappa shape index (κ2) is 8.00. The van der Waals surface area contributed by atoms with Crippen molar-refractivity contribution in [1.82, 2.24) is 4.57 Å². The molecule has 1 aliphatic rings. The van der Waals surface area contributed by atoms with Crippen LogP contribution >= 0.6 is 0 Å². The molecule has 0 radical (unpaired) electrons. The fourth-order valence-electron chi connectivity index (χ4n) is 4.68. The van der Waals surface area contributed by atoms with Crippen LogP contribution in [0.4, 0.5) is 0 Å². The van der Waals surface area contributed by atoms with E-state index in [4.69, 9.17) is 9.47 Å². The molecule has 0 saturated heterocycles. The lowest BCUT2D eigenvalue weighted by atomic mass is 10.0. The molecule has 1 aromatic heterocycles. The van der Waals surface area contributed by atoms with E-state index in [1.807, 2.05) is 42.5 Å². The van der Waals surface area contributed by atoms with Crippen LogP contribution in [-0.4, -0.2) is 24.6 Å². The van der Waals surface area contributed by atoms with Crippen molar-refractivity contribution >= 4 is 16.6 Å². The first kappa shape index (κ1) is 20.1. The van der Waals surface area contributed by atoms with Crippen molar-refractivity contribution in [2.24, 2.45) is 0 Å². The smallest absolute Gasteiger partial charge is 0.262 e. The third-order valence-electron chi connectivity index (χ3n) is 6.12. The largest absolute Gasteiger partial charge is 0.493 e. The first-order valence-corrected chi connectivity index (χ1v) is 10.6. The van der Waals surface area contributed by atoms with E-state index >= 15 is 0 Å². The lowest BCUT2D eigenvalue weighted by Gasteiger charge is -2.17. The Kier molecular flexibility index (Phi) is 5.02. The van der Waals surface area contributed by atoms with Gasteiger partial charge in [0.2, 0.25) is 0 Å². The van der Waals surface area contributed by atoms with E-state index in [0.29, 0.717) is 45.6 Å². The van der Waals surface area contributed by atoms with Crippen molar-refractivity contribution in [3.63, 3.8) is 0 Å². The number of ketones is 1. The Labute approximate surface area is 185 Å². The van der Waals surface area contributed by atoms with Crippen LogP contribution < -0.4 is 15.0 Å². The van der Waals surface area contributed by atoms with Crippen molar-refractivity contribution < 1.29 is 14.3 Å². The van der Waals surface area contributed by atoms with Crippen LogP contribution in [0.25, 0.3) is 22.0 Å². The van der Waals surface area contributed by atoms with Gasteiger partial charge in [-0.25, -0.2) is 0 Å². The molecule has 32 heavy (non-hydrogen) atoms. The predicted octanol–water partition coefficient (Wildman–Crippen LogP) is 4.86. The molecular formula is C27H23NO4. The van der Waals surface area contributed by atoms with E-state index < -0.39 is 0 Å². The molecule has 5 rings (SSSR count). The molecule has 0 saturated carbocycles. The maximum Gasteiger partial charge on any atom is 0.262 e. The maximum atomic E-state index is 13.8. The van der Waals surface area contributed by atoms with E-state index in [-0.39, 0.29) is 11.3 Å². The Morgan fingerprint density at radius 2 is 1.53 bits per heavy atom. The normalized spacial score (nSPS) is 12.0. The number of benzene rings is 3. The fourth-order valence-corrected chi connectivity index (χ4v) is 4.68. The Hall–Kier alpha value is -3.86. The van der Waals surface area contributed by atoms with Gasteiger partial charge in [-0.15, -0.1) is 0 Å². The van der Waals surface area contributed by atoms with Crippen LogP contribution in [0.3, 0.4) is 0 Å². The number of aromatic nitrogens is 1. The highest BCUT2D eigenvalue weighted by atomic mass is 16.5. The summed E-state index contributed by atoms with van der Waals surface area (Å²) in [4.78, 5) is 27.2. The number of ether oxygens (including phenoxy) is 2. The summed E-state index contributed by atoms with van der Waals surface area (Å²) < 4.78 is 12.8. The molecule has 0 atom stereocenters. The lowest BCUT2D eigenvalue weighted by Crippen LogP contribution is -2.24. The molecule has 1 aliphatic carbocycles. The quantitative estimate of drug-likeness (QED) is 0.390. The summed E-state index contributed by atoms with van der Waals surface area (Å²) in [5, 5.41) is 0.981. The number of nitrogens with zero attached hydrogens (tertiary/aromatic N) is 1. The van der Waals surface area contributed by atoms with Crippen LogP contribution in [0.15, 0.2) is 71.5 Å². The average molecular weight is 425 g/mol. The van der Waals surface area contributed by atoms with Crippen molar-refractivity contribution in [3.05, 3.63) is 93.8 Å². The van der Waals surface area contributed by atoms with Crippen molar-refractivity contribution in [2.75, 3.05) is 14.2 Å². The zero-order valence-corrected chi connectivity index (χ0v) is 18.1. The Bertz CT molecular complexity index is 1400. The van der Waals surface area contributed by atoms with Crippen LogP contribution in [0.1, 0.15) is 27.9 Å². The van der Waals surface area contributed by atoms with Gasteiger partial charge in [-0.2, -0.15) is 0 Å². The molecule has 0 aliphatic heterocycles. The van der Waals surface area contributed by atoms with Gasteiger partial charge >= 0.3 is 0 Å². The zero-order valence-electron chi connectivity index (χ0n) is 18.1. The minimum atomic E-state index is -0.174. The molecule has 0 fully saturated rings. The first-order valence-electron chi connectivity index (χ1n) is 10.6. The van der Waals surface area contributed by atoms with Crippen LogP contribution in [-0.2, 0) is 13.0 Å². The summed E-state index contributed by atoms with van der Waals surface area (Å²) in [6.45, 7) is 0.494. The van der Waals surface area contributed by atoms with Crippen LogP contribution in [0.2, 0.25) is 0 Å². The number of hydrogen-bond donors (Lipinski definition) is 0. The molecule has 0 spiro atoms. The van der Waals surface area contributed by atoms with Gasteiger partial charge in [0.15, 0.2) is 17.3 Å². The van der Waals surface area contributed by atoms with Crippen LogP contribution in [0, 0.1) is 0 Å². The van der Waals surface area contributed by atoms with Gasteiger partial charge in [-0.1, -0.05) is 54.6 Å². The summed E-state index contributed by atoms with van der Waals surface area (Å²) in [6.07, 6.45) is 1.61. The van der Waals surface area contributed by atoms with E-state index in [1.54, 1.807) is 16.7 Å². The molecule has 5 nitrogen and oxygen atoms in total. The number of rotatable bonds is 6. The SMILES string of the molecule is COc1ccc2c3c(n(CCCc4ccccc4)c(=O)c2c1OC)-c1ccccc1C3=O. The number of pyridine rings is 1. The number of hydrogen-bond acceptors (Lipinski definition) is 4. The highest BCUT2D eigenvalue weighted by Gasteiger charge is 2.33. The molecule has 3 aromatic carbocycles. The second-order valence-corrected chi connectivity index (χ2v) is 7.87. The van der Waals surface area contributed by atoms with Gasteiger partial charge < -0.3 is 14.0 Å². The van der Waals surface area contributed by atoms with E-state index in [2.05, 4.69) is 12.1 Å². The summed E-state index contributed by atoms with van der Waals surface area (Å²) in [7, 11) is 3.05. The van der Waals surface area contributed by atoms with Gasteiger partial charge in [-0.05, 0) is 30.5 Å². The van der Waals surface area contributed by atoms with Gasteiger partial charge in [0, 0.05) is 23.1 Å². The monoisotopic (exact) mass is 425 g/mol. The van der Waals surface area contributed by atoms with Gasteiger partial charge in [0.25, 0.3) is 5.56 Å². The topological polar surface area (TPSA) is 57.5 Å². The Morgan fingerprint density at radius 3 is 2.25 bits per heavy atom. The number of methoxy groups -OCH3 is 2. The standard InChI is InChI=1S/C27H23NO4/c1-31-21-15-14-20-22-24(18-12-6-7-13-19(18)25(22)29)28(27(30)23(20)26(21)32-2)16-8-11-17-9-4-3-5-10-17/h3-7,9-10,12-15H,8,11,16H2,1-2H3. The molecule has 0 N–H and O–H groups in total. The molecule has 4 aromatic rings. The van der Waals surface area contributed by atoms with Gasteiger partial charge in [-0.3, -0.25) is 9.59 Å². The predicted molar refractivity (Wildman–Crippen MR) is 125 cm³/mol. The fraction of sp³-hybridized carbons (Fsp3) is 0.185. The maximum absolute atomic E-state index is 13.8. The molecular weight excluding hydrogens is 402 g/mol. The first-order chi connectivity index (χ1) is 15.7. The van der Waals surface area contributed by atoms with Crippen molar-refractivity contribution in [3.8, 4) is 22.8 Å². The minimum absolute atomic E-state index is 0.0652. The molecule has 0 unspecified atom stereocenters. The number of carbonyl (C=O) groups excluding carboxylic acids is 1. The summed E-state index contributed by atoms with van der Waals surface area (Å²) in [5.41, 5.74) is 3.73. The Balaban J connectivity index is 1.74. The second-order valence-electron chi connectivity index (χ2n) is 7.87. The van der Waals surface area contributed by atoms with E-state index in [0.717, 1.165) is 18.4 Å². The highest BCUT2D eigenvalue weighted by Crippen LogP contribution is 2.43. The summed E-state index contributed by atoms with van der Waals surface area (Å²) in [6, 6.07) is 21.2. The van der Waals surface area contributed by atoms with Gasteiger partial charge in [0.05, 0.1) is 30.9 Å². The summed E-state index contributed by atoms with van der Waals surface area (Å²) in [5.74, 6) is 0.763. The molecule has 1 heterocycles. The minimum Gasteiger partial charge on any atom is -0.493 e. The zero-order chi connectivity index (χ0) is 22.2. The number of aryl methyl sites for hydroxylation is 1. The van der Waals surface area contributed by atoms with Crippen LogP contribution in [0.5, 0.6) is 11.5 Å². The molecule has 5 heteroatoms. The van der Waals surface area contributed by atoms with Gasteiger partial charge in [0.1, 0.15) is 0 Å². The highest BCUT2D eigenvalue weighted by molar-refractivity contribution is 6.27.